The van der Waals surface area contributed by atoms with Gasteiger partial charge in [-0.3, -0.25) is 9.59 Å². The van der Waals surface area contributed by atoms with Gasteiger partial charge < -0.3 is 10.3 Å². The number of nitrogens with zero attached hydrogens (tertiary/aromatic N) is 1. The number of benzene rings is 1. The number of aromatic nitrogens is 1. The van der Waals surface area contributed by atoms with Crippen molar-refractivity contribution in [1.82, 2.24) is 14.6 Å². The Bertz CT molecular complexity index is 1040. The van der Waals surface area contributed by atoms with Crippen LogP contribution in [0.5, 0.6) is 0 Å². The number of fused-ring (bicyclic) bond motifs is 1. The number of aromatic amines is 1. The van der Waals surface area contributed by atoms with Gasteiger partial charge in [-0.2, -0.15) is 4.31 Å². The van der Waals surface area contributed by atoms with Crippen LogP contribution in [0.3, 0.4) is 0 Å². The largest absolute Gasteiger partial charge is 0.352 e. The Morgan fingerprint density at radius 1 is 1.21 bits per heavy atom. The van der Waals surface area contributed by atoms with Crippen LogP contribution in [0.2, 0.25) is 0 Å². The number of pyridine rings is 1. The Kier molecular flexibility index (Phi) is 6.74. The van der Waals surface area contributed by atoms with Gasteiger partial charge in [0.25, 0.3) is 5.91 Å². The Labute approximate surface area is 171 Å². The molecule has 2 N–H and O–H groups in total. The highest BCUT2D eigenvalue weighted by atomic mass is 32.2. The normalized spacial score (nSPS) is 15.7. The monoisotopic (exact) mass is 419 g/mol. The van der Waals surface area contributed by atoms with Crippen LogP contribution >= 0.6 is 0 Å². The number of rotatable bonds is 7. The SMILES string of the molecule is CCCCNC(=O)c1cc(=O)[nH]c2ccc(S(=O)(=O)N(C)C3CCCCC3)cc12. The van der Waals surface area contributed by atoms with Crippen LogP contribution in [0.1, 0.15) is 62.2 Å². The van der Waals surface area contributed by atoms with Gasteiger partial charge in [-0.05, 0) is 37.5 Å². The summed E-state index contributed by atoms with van der Waals surface area (Å²) >= 11 is 0. The van der Waals surface area contributed by atoms with Crippen molar-refractivity contribution in [1.29, 1.82) is 0 Å². The molecule has 0 saturated heterocycles. The smallest absolute Gasteiger partial charge is 0.252 e. The average Bonchev–Trinajstić information content (AvgIpc) is 2.72. The standard InChI is InChI=1S/C21H29N3O4S/c1-3-4-12-22-21(26)18-14-20(25)23-19-11-10-16(13-17(18)19)29(27,28)24(2)15-8-6-5-7-9-15/h10-11,13-15H,3-9,12H2,1-2H3,(H,22,26)(H,23,25). The molecule has 1 aromatic heterocycles. The highest BCUT2D eigenvalue weighted by molar-refractivity contribution is 7.89. The molecular formula is C21H29N3O4S. The highest BCUT2D eigenvalue weighted by Gasteiger charge is 2.29. The maximum atomic E-state index is 13.2. The zero-order valence-electron chi connectivity index (χ0n) is 17.0. The molecule has 1 aliphatic carbocycles. The summed E-state index contributed by atoms with van der Waals surface area (Å²) in [7, 11) is -2.07. The molecule has 0 aliphatic heterocycles. The minimum absolute atomic E-state index is 0.00293. The van der Waals surface area contributed by atoms with Gasteiger partial charge in [0.05, 0.1) is 10.5 Å². The first-order valence-corrected chi connectivity index (χ1v) is 11.7. The maximum absolute atomic E-state index is 13.2. The molecule has 0 spiro atoms. The van der Waals surface area contributed by atoms with Crippen molar-refractivity contribution in [2.75, 3.05) is 13.6 Å². The van der Waals surface area contributed by atoms with Gasteiger partial charge in [0.1, 0.15) is 0 Å². The van der Waals surface area contributed by atoms with Gasteiger partial charge in [-0.15, -0.1) is 0 Å². The van der Waals surface area contributed by atoms with E-state index >= 15 is 0 Å². The van der Waals surface area contributed by atoms with Crippen LogP contribution in [0.4, 0.5) is 0 Å². The van der Waals surface area contributed by atoms with Crippen LogP contribution in [-0.2, 0) is 10.0 Å². The van der Waals surface area contributed by atoms with E-state index in [0.29, 0.717) is 17.4 Å². The first-order chi connectivity index (χ1) is 13.8. The summed E-state index contributed by atoms with van der Waals surface area (Å²) in [6.07, 6.45) is 6.70. The molecule has 29 heavy (non-hydrogen) atoms. The summed E-state index contributed by atoms with van der Waals surface area (Å²) in [6.45, 7) is 2.53. The average molecular weight is 420 g/mol. The van der Waals surface area contributed by atoms with Crippen molar-refractivity contribution < 1.29 is 13.2 Å². The number of H-pyrrole nitrogens is 1. The lowest BCUT2D eigenvalue weighted by Crippen LogP contribution is -2.38. The van der Waals surface area contributed by atoms with E-state index in [0.717, 1.165) is 44.9 Å². The van der Waals surface area contributed by atoms with E-state index in [1.165, 1.54) is 22.5 Å². The molecule has 3 rings (SSSR count). The lowest BCUT2D eigenvalue weighted by atomic mass is 9.96. The topological polar surface area (TPSA) is 99.3 Å². The summed E-state index contributed by atoms with van der Waals surface area (Å²) in [5, 5.41) is 3.23. The van der Waals surface area contributed by atoms with Crippen molar-refractivity contribution in [2.24, 2.45) is 0 Å². The second-order valence-corrected chi connectivity index (χ2v) is 9.67. The molecule has 0 atom stereocenters. The van der Waals surface area contributed by atoms with E-state index in [2.05, 4.69) is 10.3 Å². The number of hydrogen-bond donors (Lipinski definition) is 2. The van der Waals surface area contributed by atoms with Gasteiger partial charge in [0.2, 0.25) is 15.6 Å². The molecule has 0 radical (unpaired) electrons. The molecular weight excluding hydrogens is 390 g/mol. The molecule has 1 heterocycles. The van der Waals surface area contributed by atoms with E-state index < -0.39 is 15.6 Å². The zero-order chi connectivity index (χ0) is 21.0. The first-order valence-electron chi connectivity index (χ1n) is 10.3. The molecule has 1 aliphatic rings. The number of hydrogen-bond acceptors (Lipinski definition) is 4. The summed E-state index contributed by atoms with van der Waals surface area (Å²) in [4.78, 5) is 27.4. The number of unbranched alkanes of at least 4 members (excludes halogenated alkanes) is 1. The minimum Gasteiger partial charge on any atom is -0.352 e. The number of carbonyl (C=O) groups is 1. The van der Waals surface area contributed by atoms with Gasteiger partial charge in [-0.1, -0.05) is 32.6 Å². The summed E-state index contributed by atoms with van der Waals surface area (Å²) in [5.41, 5.74) is 0.239. The van der Waals surface area contributed by atoms with Crippen LogP contribution in [0.25, 0.3) is 10.9 Å². The highest BCUT2D eigenvalue weighted by Crippen LogP contribution is 2.28. The van der Waals surface area contributed by atoms with Crippen LogP contribution in [0.15, 0.2) is 34.0 Å². The van der Waals surface area contributed by atoms with Crippen LogP contribution < -0.4 is 10.9 Å². The summed E-state index contributed by atoms with van der Waals surface area (Å²) < 4.78 is 27.8. The fourth-order valence-corrected chi connectivity index (χ4v) is 5.30. The molecule has 1 fully saturated rings. The van der Waals surface area contributed by atoms with Crippen molar-refractivity contribution in [2.45, 2.75) is 62.8 Å². The third kappa shape index (κ3) is 4.70. The minimum atomic E-state index is -3.69. The zero-order valence-corrected chi connectivity index (χ0v) is 17.8. The van der Waals surface area contributed by atoms with Crippen LogP contribution in [-0.4, -0.2) is 43.2 Å². The molecule has 1 saturated carbocycles. The Balaban J connectivity index is 1.99. The molecule has 0 bridgehead atoms. The van der Waals surface area contributed by atoms with E-state index in [-0.39, 0.29) is 22.4 Å². The lowest BCUT2D eigenvalue weighted by molar-refractivity contribution is 0.0954. The molecule has 1 amide bonds. The van der Waals surface area contributed by atoms with Gasteiger partial charge >= 0.3 is 0 Å². The van der Waals surface area contributed by atoms with Crippen molar-refractivity contribution in [3.8, 4) is 0 Å². The van der Waals surface area contributed by atoms with Crippen molar-refractivity contribution >= 4 is 26.8 Å². The van der Waals surface area contributed by atoms with E-state index in [1.807, 2.05) is 6.92 Å². The Morgan fingerprint density at radius 2 is 1.93 bits per heavy atom. The second-order valence-electron chi connectivity index (χ2n) is 7.68. The molecule has 8 heteroatoms. The predicted octanol–water partition coefficient (Wildman–Crippen LogP) is 3.01. The van der Waals surface area contributed by atoms with Crippen molar-refractivity contribution in [3.63, 3.8) is 0 Å². The molecule has 158 valence electrons. The third-order valence-corrected chi connectivity index (χ3v) is 7.55. The second kappa shape index (κ2) is 9.09. The van der Waals surface area contributed by atoms with Gasteiger partial charge in [0, 0.05) is 36.6 Å². The van der Waals surface area contributed by atoms with Crippen molar-refractivity contribution in [3.05, 3.63) is 40.2 Å². The molecule has 7 nitrogen and oxygen atoms in total. The maximum Gasteiger partial charge on any atom is 0.252 e. The lowest BCUT2D eigenvalue weighted by Gasteiger charge is -2.30. The third-order valence-electron chi connectivity index (χ3n) is 5.64. The van der Waals surface area contributed by atoms with Gasteiger partial charge in [-0.25, -0.2) is 8.42 Å². The molecule has 1 aromatic carbocycles. The summed E-state index contributed by atoms with van der Waals surface area (Å²) in [5.74, 6) is -0.371. The Hall–Kier alpha value is -2.19. The number of amides is 1. The molecule has 0 unspecified atom stereocenters. The Morgan fingerprint density at radius 3 is 2.62 bits per heavy atom. The van der Waals surface area contributed by atoms with Crippen LogP contribution in [0, 0.1) is 0 Å². The van der Waals surface area contributed by atoms with E-state index in [1.54, 1.807) is 13.1 Å². The summed E-state index contributed by atoms with van der Waals surface area (Å²) in [6, 6.07) is 5.77. The molecule has 2 aromatic rings. The van der Waals surface area contributed by atoms with E-state index in [9.17, 15) is 18.0 Å². The quantitative estimate of drug-likeness (QED) is 0.674. The number of sulfonamides is 1. The number of nitrogens with one attached hydrogen (secondary N) is 2. The predicted molar refractivity (Wildman–Crippen MR) is 114 cm³/mol. The van der Waals surface area contributed by atoms with E-state index in [4.69, 9.17) is 0 Å². The van der Waals surface area contributed by atoms with Gasteiger partial charge in [0.15, 0.2) is 0 Å². The first kappa shape index (κ1) is 21.5. The fourth-order valence-electron chi connectivity index (χ4n) is 3.86. The number of carbonyl (C=O) groups excluding carboxylic acids is 1. The fraction of sp³-hybridized carbons (Fsp3) is 0.524.